The van der Waals surface area contributed by atoms with E-state index in [1.807, 2.05) is 42.5 Å². The van der Waals surface area contributed by atoms with Crippen molar-refractivity contribution < 1.29 is 4.79 Å². The maximum atomic E-state index is 12.2. The molecule has 224 valence electrons. The van der Waals surface area contributed by atoms with Gasteiger partial charge in [0, 0.05) is 5.56 Å². The molecule has 3 rings (SSSR count). The van der Waals surface area contributed by atoms with Crippen LogP contribution >= 0.6 is 0 Å². The van der Waals surface area contributed by atoms with Crippen LogP contribution in [-0.2, 0) is 12.8 Å². The Morgan fingerprint density at radius 3 is 1.26 bits per heavy atom. The molecule has 0 amide bonds. The standard InChI is InChI=1S/C41H54O/c1-2-36-26-28-37(29-27-36)22-18-15-13-11-9-7-5-3-4-6-8-10-12-14-16-19-23-38-30-32-39(33-31-38)34-35-41(42)40-24-20-17-21-25-40/h2,17,20-21,24-35H,1,3-16,18-19,22-23H2. The lowest BCUT2D eigenvalue weighted by Gasteiger charge is -2.05. The maximum absolute atomic E-state index is 12.2. The first kappa shape index (κ1) is 33.3. The van der Waals surface area contributed by atoms with E-state index in [9.17, 15) is 4.79 Å². The second-order valence-electron chi connectivity index (χ2n) is 11.9. The first-order valence-electron chi connectivity index (χ1n) is 16.8. The minimum absolute atomic E-state index is 0.0508. The van der Waals surface area contributed by atoms with E-state index in [1.54, 1.807) is 6.08 Å². The van der Waals surface area contributed by atoms with Gasteiger partial charge in [-0.15, -0.1) is 0 Å². The molecule has 3 aromatic carbocycles. The van der Waals surface area contributed by atoms with Gasteiger partial charge in [-0.25, -0.2) is 0 Å². The number of benzene rings is 3. The van der Waals surface area contributed by atoms with Crippen molar-refractivity contribution in [3.63, 3.8) is 0 Å². The number of ketones is 1. The highest BCUT2D eigenvalue weighted by atomic mass is 16.1. The van der Waals surface area contributed by atoms with Crippen LogP contribution in [0.2, 0.25) is 0 Å². The largest absolute Gasteiger partial charge is 0.289 e. The summed E-state index contributed by atoms with van der Waals surface area (Å²) in [6, 6.07) is 26.9. The van der Waals surface area contributed by atoms with Crippen molar-refractivity contribution in [2.45, 2.75) is 116 Å². The Morgan fingerprint density at radius 2 is 0.857 bits per heavy atom. The molecule has 0 fully saturated rings. The van der Waals surface area contributed by atoms with Crippen molar-refractivity contribution >= 4 is 17.9 Å². The van der Waals surface area contributed by atoms with Gasteiger partial charge in [-0.05, 0) is 54.0 Å². The quantitative estimate of drug-likeness (QED) is 0.0638. The van der Waals surface area contributed by atoms with E-state index in [2.05, 4.69) is 55.1 Å². The SMILES string of the molecule is C=Cc1ccc(CCCCCCCCCCCCCCCCCCc2ccc(C=CC(=O)c3ccccc3)cc2)cc1. The Bertz CT molecular complexity index is 1140. The summed E-state index contributed by atoms with van der Waals surface area (Å²) in [6.07, 6.45) is 30.1. The van der Waals surface area contributed by atoms with E-state index in [0.717, 1.165) is 17.5 Å². The van der Waals surface area contributed by atoms with Crippen molar-refractivity contribution in [2.75, 3.05) is 0 Å². The summed E-state index contributed by atoms with van der Waals surface area (Å²) < 4.78 is 0. The minimum atomic E-state index is 0.0508. The van der Waals surface area contributed by atoms with Gasteiger partial charge in [-0.3, -0.25) is 4.79 Å². The van der Waals surface area contributed by atoms with Gasteiger partial charge in [0.05, 0.1) is 0 Å². The third kappa shape index (κ3) is 14.6. The fourth-order valence-electron chi connectivity index (χ4n) is 5.62. The van der Waals surface area contributed by atoms with Gasteiger partial charge in [0.2, 0.25) is 0 Å². The Hall–Kier alpha value is -3.19. The highest BCUT2D eigenvalue weighted by molar-refractivity contribution is 6.06. The number of rotatable bonds is 23. The number of carbonyl (C=O) groups is 1. The lowest BCUT2D eigenvalue weighted by molar-refractivity contribution is 0.104. The topological polar surface area (TPSA) is 17.1 Å². The van der Waals surface area contributed by atoms with Gasteiger partial charge in [0.15, 0.2) is 5.78 Å². The molecule has 0 aliphatic rings. The summed E-state index contributed by atoms with van der Waals surface area (Å²) >= 11 is 0. The molecular weight excluding hydrogens is 508 g/mol. The number of hydrogen-bond donors (Lipinski definition) is 0. The first-order valence-corrected chi connectivity index (χ1v) is 16.8. The van der Waals surface area contributed by atoms with Crippen LogP contribution in [0.25, 0.3) is 12.2 Å². The molecule has 0 saturated heterocycles. The summed E-state index contributed by atoms with van der Waals surface area (Å²) in [5, 5.41) is 0. The van der Waals surface area contributed by atoms with Crippen molar-refractivity contribution in [1.29, 1.82) is 0 Å². The molecule has 0 aliphatic heterocycles. The van der Waals surface area contributed by atoms with Crippen LogP contribution in [0.1, 0.15) is 135 Å². The molecule has 0 N–H and O–H groups in total. The number of allylic oxidation sites excluding steroid dienone is 1. The maximum Gasteiger partial charge on any atom is 0.185 e. The lowest BCUT2D eigenvalue weighted by Crippen LogP contribution is -1.92. The second kappa shape index (κ2) is 21.5. The van der Waals surface area contributed by atoms with E-state index < -0.39 is 0 Å². The average molecular weight is 563 g/mol. The van der Waals surface area contributed by atoms with E-state index in [0.29, 0.717) is 0 Å². The third-order valence-corrected chi connectivity index (χ3v) is 8.36. The highest BCUT2D eigenvalue weighted by Crippen LogP contribution is 2.16. The van der Waals surface area contributed by atoms with Crippen molar-refractivity contribution in [3.05, 3.63) is 119 Å². The number of hydrogen-bond acceptors (Lipinski definition) is 1. The smallest absolute Gasteiger partial charge is 0.185 e. The molecule has 0 aromatic heterocycles. The Kier molecular flexibility index (Phi) is 17.1. The predicted octanol–water partition coefficient (Wildman–Crippen LogP) is 12.3. The summed E-state index contributed by atoms with van der Waals surface area (Å²) in [4.78, 5) is 12.2. The molecule has 3 aromatic rings. The zero-order valence-corrected chi connectivity index (χ0v) is 26.1. The molecule has 0 spiro atoms. The van der Waals surface area contributed by atoms with Crippen LogP contribution in [-0.4, -0.2) is 5.78 Å². The molecule has 0 saturated carbocycles. The molecule has 1 nitrogen and oxygen atoms in total. The number of aryl methyl sites for hydroxylation is 2. The van der Waals surface area contributed by atoms with Gasteiger partial charge in [0.1, 0.15) is 0 Å². The zero-order chi connectivity index (χ0) is 29.5. The number of unbranched alkanes of at least 4 members (excludes halogenated alkanes) is 15. The molecule has 0 aliphatic carbocycles. The van der Waals surface area contributed by atoms with Crippen molar-refractivity contribution in [1.82, 2.24) is 0 Å². The third-order valence-electron chi connectivity index (χ3n) is 8.36. The molecule has 0 radical (unpaired) electrons. The summed E-state index contributed by atoms with van der Waals surface area (Å²) in [6.45, 7) is 3.82. The van der Waals surface area contributed by atoms with Crippen molar-refractivity contribution in [3.8, 4) is 0 Å². The van der Waals surface area contributed by atoms with Gasteiger partial charge in [-0.1, -0.05) is 187 Å². The fraction of sp³-hybridized carbons (Fsp3) is 0.439. The van der Waals surface area contributed by atoms with Gasteiger partial charge >= 0.3 is 0 Å². The van der Waals surface area contributed by atoms with Crippen LogP contribution in [0.3, 0.4) is 0 Å². The minimum Gasteiger partial charge on any atom is -0.289 e. The molecule has 0 unspecified atom stereocenters. The van der Waals surface area contributed by atoms with E-state index >= 15 is 0 Å². The summed E-state index contributed by atoms with van der Waals surface area (Å²) in [7, 11) is 0. The monoisotopic (exact) mass is 562 g/mol. The lowest BCUT2D eigenvalue weighted by atomic mass is 10.0. The molecule has 1 heteroatoms. The normalized spacial score (nSPS) is 11.2. The Balaban J connectivity index is 1.06. The highest BCUT2D eigenvalue weighted by Gasteiger charge is 2.00. The average Bonchev–Trinajstić information content (AvgIpc) is 3.04. The second-order valence-corrected chi connectivity index (χ2v) is 11.9. The predicted molar refractivity (Wildman–Crippen MR) is 184 cm³/mol. The van der Waals surface area contributed by atoms with Gasteiger partial charge < -0.3 is 0 Å². The van der Waals surface area contributed by atoms with Gasteiger partial charge in [0.25, 0.3) is 0 Å². The van der Waals surface area contributed by atoms with Crippen LogP contribution in [0, 0.1) is 0 Å². The molecule has 0 heterocycles. The Labute approximate surface area is 257 Å². The Morgan fingerprint density at radius 1 is 0.476 bits per heavy atom. The number of carbonyl (C=O) groups excluding carboxylic acids is 1. The summed E-state index contributed by atoms with van der Waals surface area (Å²) in [5.74, 6) is 0.0508. The van der Waals surface area contributed by atoms with Crippen LogP contribution < -0.4 is 0 Å². The van der Waals surface area contributed by atoms with Crippen molar-refractivity contribution in [2.24, 2.45) is 0 Å². The van der Waals surface area contributed by atoms with E-state index in [4.69, 9.17) is 0 Å². The zero-order valence-electron chi connectivity index (χ0n) is 26.1. The van der Waals surface area contributed by atoms with E-state index in [-0.39, 0.29) is 5.78 Å². The molecular formula is C41H54O. The molecule has 0 bridgehead atoms. The summed E-state index contributed by atoms with van der Waals surface area (Å²) in [5.41, 5.74) is 5.88. The molecule has 42 heavy (non-hydrogen) atoms. The fourth-order valence-corrected chi connectivity index (χ4v) is 5.62. The first-order chi connectivity index (χ1) is 20.7. The van der Waals surface area contributed by atoms with Crippen LogP contribution in [0.5, 0.6) is 0 Å². The van der Waals surface area contributed by atoms with Gasteiger partial charge in [-0.2, -0.15) is 0 Å². The van der Waals surface area contributed by atoms with E-state index in [1.165, 1.54) is 126 Å². The van der Waals surface area contributed by atoms with Crippen LogP contribution in [0.4, 0.5) is 0 Å². The van der Waals surface area contributed by atoms with Crippen LogP contribution in [0.15, 0.2) is 91.5 Å². The molecule has 0 atom stereocenters.